The summed E-state index contributed by atoms with van der Waals surface area (Å²) in [4.78, 5) is 24.8. The van der Waals surface area contributed by atoms with Crippen LogP contribution in [0.3, 0.4) is 0 Å². The van der Waals surface area contributed by atoms with Crippen LogP contribution in [0, 0.1) is 0 Å². The number of anilines is 1. The van der Waals surface area contributed by atoms with Gasteiger partial charge in [0.25, 0.3) is 11.8 Å². The third kappa shape index (κ3) is 5.88. The highest BCUT2D eigenvalue weighted by Gasteiger charge is 2.18. The molecule has 0 saturated carbocycles. The van der Waals surface area contributed by atoms with Crippen molar-refractivity contribution in [1.82, 2.24) is 5.32 Å². The summed E-state index contributed by atoms with van der Waals surface area (Å²) in [6.07, 6.45) is 1.22. The van der Waals surface area contributed by atoms with E-state index in [0.717, 1.165) is 17.3 Å². The third-order valence-electron chi connectivity index (χ3n) is 3.74. The van der Waals surface area contributed by atoms with E-state index in [0.29, 0.717) is 23.5 Å². The smallest absolute Gasteiger partial charge is 0.265 e. The second-order valence-corrected chi connectivity index (χ2v) is 6.77. The number of benzene rings is 2. The van der Waals surface area contributed by atoms with Gasteiger partial charge in [0.05, 0.1) is 11.3 Å². The quantitative estimate of drug-likeness (QED) is 0.624. The molecular weight excluding hydrogens is 396 g/mol. The van der Waals surface area contributed by atoms with Crippen molar-refractivity contribution in [3.05, 3.63) is 58.6 Å². The third-order valence-corrected chi connectivity index (χ3v) is 4.27. The van der Waals surface area contributed by atoms with Crippen LogP contribution < -0.4 is 15.4 Å². The van der Waals surface area contributed by atoms with Gasteiger partial charge in [-0.25, -0.2) is 0 Å². The minimum Gasteiger partial charge on any atom is -0.481 e. The number of para-hydroxylation sites is 1. The standard InChI is InChI=1S/C20H23BrN2O3/c1-3-4-13-22-20(25)17-7-5-6-8-18(17)23-19(24)14(2)26-16-11-9-15(21)10-12-16/h5-12,14H,3-4,13H2,1-2H3,(H,22,25)(H,23,24)/t14-/m1/s1. The molecule has 0 saturated heterocycles. The first-order valence-corrected chi connectivity index (χ1v) is 9.41. The number of hydrogen-bond donors (Lipinski definition) is 2. The van der Waals surface area contributed by atoms with Crippen LogP contribution in [0.15, 0.2) is 53.0 Å². The van der Waals surface area contributed by atoms with Crippen molar-refractivity contribution in [3.8, 4) is 5.75 Å². The van der Waals surface area contributed by atoms with Gasteiger partial charge in [0.15, 0.2) is 6.10 Å². The maximum atomic E-state index is 12.4. The van der Waals surface area contributed by atoms with E-state index in [1.807, 2.05) is 12.1 Å². The van der Waals surface area contributed by atoms with Gasteiger partial charge in [-0.1, -0.05) is 41.4 Å². The predicted molar refractivity (Wildman–Crippen MR) is 107 cm³/mol. The number of unbranched alkanes of at least 4 members (excludes halogenated alkanes) is 1. The molecule has 0 unspecified atom stereocenters. The second kappa shape index (κ2) is 9.97. The highest BCUT2D eigenvalue weighted by atomic mass is 79.9. The van der Waals surface area contributed by atoms with E-state index in [1.165, 1.54) is 0 Å². The van der Waals surface area contributed by atoms with Crippen LogP contribution >= 0.6 is 15.9 Å². The van der Waals surface area contributed by atoms with Gasteiger partial charge >= 0.3 is 0 Å². The molecule has 0 aliphatic carbocycles. The average molecular weight is 419 g/mol. The first-order valence-electron chi connectivity index (χ1n) is 8.61. The zero-order valence-corrected chi connectivity index (χ0v) is 16.5. The van der Waals surface area contributed by atoms with Crippen molar-refractivity contribution in [3.63, 3.8) is 0 Å². The minimum atomic E-state index is -0.701. The fourth-order valence-electron chi connectivity index (χ4n) is 2.27. The van der Waals surface area contributed by atoms with Crippen LogP contribution in [0.2, 0.25) is 0 Å². The highest BCUT2D eigenvalue weighted by Crippen LogP contribution is 2.19. The van der Waals surface area contributed by atoms with Gasteiger partial charge in [-0.05, 0) is 49.7 Å². The first kappa shape index (κ1) is 20.0. The van der Waals surface area contributed by atoms with Crippen LogP contribution in [0.25, 0.3) is 0 Å². The van der Waals surface area contributed by atoms with Gasteiger partial charge in [-0.3, -0.25) is 9.59 Å². The van der Waals surface area contributed by atoms with E-state index < -0.39 is 6.10 Å². The minimum absolute atomic E-state index is 0.198. The van der Waals surface area contributed by atoms with Gasteiger partial charge in [0, 0.05) is 11.0 Å². The Morgan fingerprint density at radius 1 is 1.12 bits per heavy atom. The Morgan fingerprint density at radius 2 is 1.81 bits per heavy atom. The highest BCUT2D eigenvalue weighted by molar-refractivity contribution is 9.10. The number of amides is 2. The molecule has 5 nitrogen and oxygen atoms in total. The molecule has 2 amide bonds. The molecule has 0 heterocycles. The SMILES string of the molecule is CCCCNC(=O)c1ccccc1NC(=O)[C@@H](C)Oc1ccc(Br)cc1. The summed E-state index contributed by atoms with van der Waals surface area (Å²) in [7, 11) is 0. The summed E-state index contributed by atoms with van der Waals surface area (Å²) in [6.45, 7) is 4.34. The maximum Gasteiger partial charge on any atom is 0.265 e. The zero-order chi connectivity index (χ0) is 18.9. The molecule has 0 radical (unpaired) electrons. The summed E-state index contributed by atoms with van der Waals surface area (Å²) in [6, 6.07) is 14.2. The summed E-state index contributed by atoms with van der Waals surface area (Å²) in [5, 5.41) is 5.64. The number of carbonyl (C=O) groups excluding carboxylic acids is 2. The fourth-order valence-corrected chi connectivity index (χ4v) is 2.53. The second-order valence-electron chi connectivity index (χ2n) is 5.86. The predicted octanol–water partition coefficient (Wildman–Crippen LogP) is 4.39. The van der Waals surface area contributed by atoms with E-state index in [-0.39, 0.29) is 11.8 Å². The number of ether oxygens (including phenoxy) is 1. The maximum absolute atomic E-state index is 12.4. The van der Waals surface area contributed by atoms with Crippen molar-refractivity contribution in [2.24, 2.45) is 0 Å². The van der Waals surface area contributed by atoms with E-state index in [4.69, 9.17) is 4.74 Å². The zero-order valence-electron chi connectivity index (χ0n) is 14.9. The molecule has 0 fully saturated rings. The lowest BCUT2D eigenvalue weighted by molar-refractivity contribution is -0.122. The molecule has 26 heavy (non-hydrogen) atoms. The van der Waals surface area contributed by atoms with Crippen LogP contribution in [0.1, 0.15) is 37.0 Å². The van der Waals surface area contributed by atoms with Crippen LogP contribution in [0.4, 0.5) is 5.69 Å². The summed E-state index contributed by atoms with van der Waals surface area (Å²) < 4.78 is 6.58. The lowest BCUT2D eigenvalue weighted by Gasteiger charge is -2.16. The molecule has 6 heteroatoms. The van der Waals surface area contributed by atoms with Crippen molar-refractivity contribution in [2.45, 2.75) is 32.8 Å². The van der Waals surface area contributed by atoms with Crippen LogP contribution in [-0.2, 0) is 4.79 Å². The van der Waals surface area contributed by atoms with Crippen LogP contribution in [-0.4, -0.2) is 24.5 Å². The molecule has 2 rings (SSSR count). The molecule has 138 valence electrons. The van der Waals surface area contributed by atoms with Gasteiger partial charge in [0.1, 0.15) is 5.75 Å². The Labute approximate surface area is 162 Å². The van der Waals surface area contributed by atoms with Crippen molar-refractivity contribution in [2.75, 3.05) is 11.9 Å². The Kier molecular flexibility index (Phi) is 7.66. The molecule has 2 N–H and O–H groups in total. The van der Waals surface area contributed by atoms with E-state index >= 15 is 0 Å². The number of carbonyl (C=O) groups is 2. The largest absolute Gasteiger partial charge is 0.481 e. The molecule has 2 aromatic carbocycles. The molecule has 0 aliphatic heterocycles. The van der Waals surface area contributed by atoms with Crippen molar-refractivity contribution < 1.29 is 14.3 Å². The van der Waals surface area contributed by atoms with E-state index in [1.54, 1.807) is 43.3 Å². The van der Waals surface area contributed by atoms with Gasteiger partial charge < -0.3 is 15.4 Å². The molecule has 0 bridgehead atoms. The first-order chi connectivity index (χ1) is 12.5. The Balaban J connectivity index is 2.01. The molecule has 0 aromatic heterocycles. The Bertz CT molecular complexity index is 747. The molecule has 0 spiro atoms. The fraction of sp³-hybridized carbons (Fsp3) is 0.300. The normalized spacial score (nSPS) is 11.5. The molecule has 2 aromatic rings. The average Bonchev–Trinajstić information content (AvgIpc) is 2.64. The van der Waals surface area contributed by atoms with Crippen molar-refractivity contribution >= 4 is 33.4 Å². The van der Waals surface area contributed by atoms with E-state index in [2.05, 4.69) is 33.5 Å². The van der Waals surface area contributed by atoms with Gasteiger partial charge in [-0.15, -0.1) is 0 Å². The number of halogens is 1. The summed E-state index contributed by atoms with van der Waals surface area (Å²) >= 11 is 3.36. The van der Waals surface area contributed by atoms with Gasteiger partial charge in [0.2, 0.25) is 0 Å². The Hall–Kier alpha value is -2.34. The monoisotopic (exact) mass is 418 g/mol. The number of nitrogens with one attached hydrogen (secondary N) is 2. The molecule has 1 atom stereocenters. The lowest BCUT2D eigenvalue weighted by Crippen LogP contribution is -2.32. The van der Waals surface area contributed by atoms with E-state index in [9.17, 15) is 9.59 Å². The number of rotatable bonds is 8. The number of hydrogen-bond acceptors (Lipinski definition) is 3. The topological polar surface area (TPSA) is 67.4 Å². The molecular formula is C20H23BrN2O3. The summed E-state index contributed by atoms with van der Waals surface area (Å²) in [5.41, 5.74) is 0.908. The molecule has 0 aliphatic rings. The van der Waals surface area contributed by atoms with Crippen LogP contribution in [0.5, 0.6) is 5.75 Å². The lowest BCUT2D eigenvalue weighted by atomic mass is 10.1. The Morgan fingerprint density at radius 3 is 2.50 bits per heavy atom. The van der Waals surface area contributed by atoms with Crippen molar-refractivity contribution in [1.29, 1.82) is 0 Å². The summed E-state index contributed by atoms with van der Waals surface area (Å²) in [5.74, 6) is 0.0824. The van der Waals surface area contributed by atoms with Gasteiger partial charge in [-0.2, -0.15) is 0 Å².